The molecule has 2 rings (SSSR count). The molecule has 0 spiro atoms. The van der Waals surface area contributed by atoms with Crippen LogP contribution in [0.4, 0.5) is 5.69 Å². The number of aromatic nitrogens is 1. The highest BCUT2D eigenvalue weighted by atomic mass is 35.5. The third kappa shape index (κ3) is 3.15. The second-order valence-electron chi connectivity index (χ2n) is 3.64. The van der Waals surface area contributed by atoms with E-state index in [9.17, 15) is 8.42 Å². The van der Waals surface area contributed by atoms with Crippen molar-refractivity contribution < 1.29 is 13.2 Å². The zero-order chi connectivity index (χ0) is 13.9. The second kappa shape index (κ2) is 5.46. The lowest BCUT2D eigenvalue weighted by Crippen LogP contribution is -2.13. The molecule has 0 amide bonds. The molecule has 2 aromatic rings. The summed E-state index contributed by atoms with van der Waals surface area (Å²) in [6.45, 7) is 0. The number of rotatable bonds is 4. The SMILES string of the molecule is COc1cc(S(=O)(=O)Nc2ccncc2)ccc1Cl. The summed E-state index contributed by atoms with van der Waals surface area (Å²) in [7, 11) is -2.25. The largest absolute Gasteiger partial charge is 0.495 e. The Morgan fingerprint density at radius 1 is 1.21 bits per heavy atom. The molecular formula is C12H11ClN2O3S. The quantitative estimate of drug-likeness (QED) is 0.942. The first-order chi connectivity index (χ1) is 9.03. The van der Waals surface area contributed by atoms with Crippen molar-refractivity contribution in [1.29, 1.82) is 0 Å². The van der Waals surface area contributed by atoms with Crippen molar-refractivity contribution >= 4 is 27.3 Å². The van der Waals surface area contributed by atoms with Crippen molar-refractivity contribution in [3.8, 4) is 5.75 Å². The fourth-order valence-corrected chi connectivity index (χ4v) is 2.71. The predicted octanol–water partition coefficient (Wildman–Crippen LogP) is 2.54. The average Bonchev–Trinajstić information content (AvgIpc) is 2.39. The van der Waals surface area contributed by atoms with E-state index >= 15 is 0 Å². The lowest BCUT2D eigenvalue weighted by atomic mass is 10.3. The van der Waals surface area contributed by atoms with Crippen LogP contribution >= 0.6 is 11.6 Å². The van der Waals surface area contributed by atoms with E-state index in [2.05, 4.69) is 9.71 Å². The number of halogens is 1. The van der Waals surface area contributed by atoms with Crippen molar-refractivity contribution in [2.45, 2.75) is 4.90 Å². The smallest absolute Gasteiger partial charge is 0.262 e. The number of methoxy groups -OCH3 is 1. The molecule has 5 nitrogen and oxygen atoms in total. The van der Waals surface area contributed by atoms with E-state index in [-0.39, 0.29) is 4.90 Å². The predicted molar refractivity (Wildman–Crippen MR) is 73.0 cm³/mol. The summed E-state index contributed by atoms with van der Waals surface area (Å²) < 4.78 is 31.7. The van der Waals surface area contributed by atoms with Gasteiger partial charge in [-0.3, -0.25) is 9.71 Å². The Labute approximate surface area is 116 Å². The summed E-state index contributed by atoms with van der Waals surface area (Å²) in [5.74, 6) is 0.305. The van der Waals surface area contributed by atoms with E-state index in [0.29, 0.717) is 16.5 Å². The zero-order valence-corrected chi connectivity index (χ0v) is 11.6. The van der Waals surface area contributed by atoms with Crippen molar-refractivity contribution in [2.24, 2.45) is 0 Å². The maximum atomic E-state index is 12.2. The Balaban J connectivity index is 2.35. The zero-order valence-electron chi connectivity index (χ0n) is 10.00. The minimum absolute atomic E-state index is 0.0746. The number of nitrogens with one attached hydrogen (secondary N) is 1. The number of sulfonamides is 1. The molecule has 0 aliphatic carbocycles. The van der Waals surface area contributed by atoms with Crippen LogP contribution in [0.5, 0.6) is 5.75 Å². The van der Waals surface area contributed by atoms with Crippen molar-refractivity contribution in [1.82, 2.24) is 4.98 Å². The molecule has 0 saturated heterocycles. The second-order valence-corrected chi connectivity index (χ2v) is 5.73. The van der Waals surface area contributed by atoms with Gasteiger partial charge in [0.25, 0.3) is 10.0 Å². The first-order valence-corrected chi connectivity index (χ1v) is 7.15. The minimum atomic E-state index is -3.68. The highest BCUT2D eigenvalue weighted by Gasteiger charge is 2.16. The molecule has 0 aliphatic rings. The van der Waals surface area contributed by atoms with Crippen LogP contribution in [-0.2, 0) is 10.0 Å². The van der Waals surface area contributed by atoms with Gasteiger partial charge in [-0.05, 0) is 24.3 Å². The average molecular weight is 299 g/mol. The topological polar surface area (TPSA) is 68.3 Å². The molecule has 100 valence electrons. The van der Waals surface area contributed by atoms with Crippen LogP contribution in [0.25, 0.3) is 0 Å². The van der Waals surface area contributed by atoms with E-state index < -0.39 is 10.0 Å². The molecule has 0 saturated carbocycles. The molecule has 7 heteroatoms. The molecule has 0 bridgehead atoms. The standard InChI is InChI=1S/C12H11ClN2O3S/c1-18-12-8-10(2-3-11(12)13)19(16,17)15-9-4-6-14-7-5-9/h2-8H,1H3,(H,14,15). The molecule has 19 heavy (non-hydrogen) atoms. The molecule has 0 fully saturated rings. The van der Waals surface area contributed by atoms with Gasteiger partial charge < -0.3 is 4.74 Å². The highest BCUT2D eigenvalue weighted by Crippen LogP contribution is 2.27. The number of anilines is 1. The highest BCUT2D eigenvalue weighted by molar-refractivity contribution is 7.92. The van der Waals surface area contributed by atoms with Gasteiger partial charge in [0.05, 0.1) is 22.7 Å². The lowest BCUT2D eigenvalue weighted by molar-refractivity contribution is 0.413. The Hall–Kier alpha value is -1.79. The molecular weight excluding hydrogens is 288 g/mol. The van der Waals surface area contributed by atoms with Gasteiger partial charge >= 0.3 is 0 Å². The molecule has 0 atom stereocenters. The Bertz CT molecular complexity index is 675. The minimum Gasteiger partial charge on any atom is -0.495 e. The first kappa shape index (κ1) is 13.6. The fraction of sp³-hybridized carbons (Fsp3) is 0.0833. The third-order valence-corrected chi connectivity index (χ3v) is 4.06. The monoisotopic (exact) mass is 298 g/mol. The van der Waals surface area contributed by atoms with Crippen LogP contribution in [0.2, 0.25) is 5.02 Å². The summed E-state index contributed by atoms with van der Waals surface area (Å²) in [4.78, 5) is 3.89. The molecule has 1 aromatic carbocycles. The lowest BCUT2D eigenvalue weighted by Gasteiger charge is -2.09. The Morgan fingerprint density at radius 3 is 2.53 bits per heavy atom. The van der Waals surface area contributed by atoms with Gasteiger partial charge in [-0.25, -0.2) is 8.42 Å². The van der Waals surface area contributed by atoms with Crippen LogP contribution in [0.3, 0.4) is 0 Å². The molecule has 0 unspecified atom stereocenters. The number of benzene rings is 1. The maximum absolute atomic E-state index is 12.2. The Kier molecular flexibility index (Phi) is 3.92. The van der Waals surface area contributed by atoms with Crippen LogP contribution in [-0.4, -0.2) is 20.5 Å². The van der Waals surface area contributed by atoms with E-state index in [0.717, 1.165) is 0 Å². The summed E-state index contributed by atoms with van der Waals surface area (Å²) in [5, 5.41) is 0.352. The number of ether oxygens (including phenoxy) is 1. The summed E-state index contributed by atoms with van der Waals surface area (Å²) in [5.41, 5.74) is 0.434. The molecule has 0 radical (unpaired) electrons. The van der Waals surface area contributed by atoms with Crippen LogP contribution in [0, 0.1) is 0 Å². The molecule has 1 aromatic heterocycles. The van der Waals surface area contributed by atoms with Crippen LogP contribution in [0.1, 0.15) is 0 Å². The van der Waals surface area contributed by atoms with Gasteiger partial charge in [-0.15, -0.1) is 0 Å². The van der Waals surface area contributed by atoms with Crippen molar-refractivity contribution in [2.75, 3.05) is 11.8 Å². The van der Waals surface area contributed by atoms with Crippen LogP contribution < -0.4 is 9.46 Å². The summed E-state index contributed by atoms with van der Waals surface area (Å²) in [6.07, 6.45) is 3.00. The van der Waals surface area contributed by atoms with E-state index in [1.54, 1.807) is 12.1 Å². The summed E-state index contributed by atoms with van der Waals surface area (Å²) in [6, 6.07) is 7.37. The number of nitrogens with zero attached hydrogens (tertiary/aromatic N) is 1. The van der Waals surface area contributed by atoms with Gasteiger partial charge in [0.15, 0.2) is 0 Å². The number of hydrogen-bond acceptors (Lipinski definition) is 4. The van der Waals surface area contributed by atoms with Gasteiger partial charge in [0, 0.05) is 18.5 Å². The maximum Gasteiger partial charge on any atom is 0.262 e. The van der Waals surface area contributed by atoms with Gasteiger partial charge in [-0.1, -0.05) is 11.6 Å². The van der Waals surface area contributed by atoms with Gasteiger partial charge in [0.1, 0.15) is 5.75 Å². The van der Waals surface area contributed by atoms with Crippen molar-refractivity contribution in [3.63, 3.8) is 0 Å². The van der Waals surface area contributed by atoms with Crippen molar-refractivity contribution in [3.05, 3.63) is 47.7 Å². The Morgan fingerprint density at radius 2 is 1.89 bits per heavy atom. The van der Waals surface area contributed by atoms with E-state index in [1.165, 1.54) is 37.7 Å². The van der Waals surface area contributed by atoms with Gasteiger partial charge in [-0.2, -0.15) is 0 Å². The van der Waals surface area contributed by atoms with Gasteiger partial charge in [0.2, 0.25) is 0 Å². The number of pyridine rings is 1. The third-order valence-electron chi connectivity index (χ3n) is 2.37. The first-order valence-electron chi connectivity index (χ1n) is 5.29. The fourth-order valence-electron chi connectivity index (χ4n) is 1.44. The normalized spacial score (nSPS) is 11.1. The molecule has 0 aliphatic heterocycles. The van der Waals surface area contributed by atoms with Crippen LogP contribution in [0.15, 0.2) is 47.6 Å². The molecule has 1 N–H and O–H groups in total. The summed E-state index contributed by atoms with van der Waals surface area (Å²) >= 11 is 5.86. The molecule has 1 heterocycles. The number of hydrogen-bond donors (Lipinski definition) is 1. The van der Waals surface area contributed by atoms with E-state index in [1.807, 2.05) is 0 Å². The van der Waals surface area contributed by atoms with E-state index in [4.69, 9.17) is 16.3 Å².